The number of amides is 2. The van der Waals surface area contributed by atoms with E-state index in [0.717, 1.165) is 0 Å². The smallest absolute Gasteiger partial charge is 0.253 e. The van der Waals surface area contributed by atoms with E-state index in [1.807, 2.05) is 0 Å². The molecule has 0 aliphatic heterocycles. The second kappa shape index (κ2) is 6.00. The van der Waals surface area contributed by atoms with Crippen LogP contribution in [0, 0.1) is 0 Å². The maximum Gasteiger partial charge on any atom is 0.253 e. The van der Waals surface area contributed by atoms with E-state index in [2.05, 4.69) is 5.32 Å². The Morgan fingerprint density at radius 3 is 2.71 bits per heavy atom. The number of benzene rings is 1. The van der Waals surface area contributed by atoms with E-state index in [1.165, 1.54) is 6.92 Å². The van der Waals surface area contributed by atoms with Crippen molar-refractivity contribution < 1.29 is 9.59 Å². The summed E-state index contributed by atoms with van der Waals surface area (Å²) in [5.74, 6) is -0.271. The molecule has 0 heterocycles. The first kappa shape index (κ1) is 13.2. The van der Waals surface area contributed by atoms with Gasteiger partial charge in [0.25, 0.3) is 5.91 Å². The van der Waals surface area contributed by atoms with E-state index in [9.17, 15) is 9.59 Å². The predicted molar refractivity (Wildman–Crippen MR) is 66.8 cm³/mol. The van der Waals surface area contributed by atoms with Crippen molar-refractivity contribution in [3.05, 3.63) is 29.8 Å². The molecule has 0 saturated carbocycles. The van der Waals surface area contributed by atoms with Gasteiger partial charge in [0.15, 0.2) is 0 Å². The molecule has 0 bridgehead atoms. The number of hydrogen-bond donors (Lipinski definition) is 2. The van der Waals surface area contributed by atoms with E-state index in [1.54, 1.807) is 36.2 Å². The fourth-order valence-corrected chi connectivity index (χ4v) is 1.45. The van der Waals surface area contributed by atoms with Crippen LogP contribution in [0.1, 0.15) is 17.3 Å². The number of hydrogen-bond acceptors (Lipinski definition) is 3. The Morgan fingerprint density at radius 1 is 1.41 bits per heavy atom. The number of likely N-dealkylation sites (N-methyl/N-ethyl adjacent to an activating group) is 1. The molecule has 1 aromatic rings. The molecule has 0 saturated heterocycles. The first-order chi connectivity index (χ1) is 8.04. The number of nitrogens with zero attached hydrogens (tertiary/aromatic N) is 1. The lowest BCUT2D eigenvalue weighted by Gasteiger charge is -2.16. The molecule has 0 aromatic heterocycles. The van der Waals surface area contributed by atoms with E-state index in [0.29, 0.717) is 24.3 Å². The molecule has 1 rings (SSSR count). The van der Waals surface area contributed by atoms with Gasteiger partial charge in [0, 0.05) is 38.3 Å². The van der Waals surface area contributed by atoms with Crippen molar-refractivity contribution in [3.8, 4) is 0 Å². The zero-order chi connectivity index (χ0) is 12.8. The lowest BCUT2D eigenvalue weighted by atomic mass is 10.1. The summed E-state index contributed by atoms with van der Waals surface area (Å²) in [4.78, 5) is 24.4. The average Bonchev–Trinajstić information content (AvgIpc) is 2.28. The molecule has 5 nitrogen and oxygen atoms in total. The first-order valence-corrected chi connectivity index (χ1v) is 5.37. The van der Waals surface area contributed by atoms with Gasteiger partial charge < -0.3 is 16.0 Å². The van der Waals surface area contributed by atoms with E-state index in [-0.39, 0.29) is 11.8 Å². The van der Waals surface area contributed by atoms with Crippen LogP contribution in [0.25, 0.3) is 0 Å². The van der Waals surface area contributed by atoms with Crippen LogP contribution >= 0.6 is 0 Å². The third kappa shape index (κ3) is 3.88. The van der Waals surface area contributed by atoms with E-state index >= 15 is 0 Å². The van der Waals surface area contributed by atoms with Crippen LogP contribution in [-0.2, 0) is 4.79 Å². The third-order valence-corrected chi connectivity index (χ3v) is 2.24. The summed E-state index contributed by atoms with van der Waals surface area (Å²) in [6, 6.07) is 6.83. The number of carbonyl (C=O) groups is 2. The van der Waals surface area contributed by atoms with Crippen LogP contribution < -0.4 is 11.1 Å². The SMILES string of the molecule is CC(=O)Nc1cccc(C(=O)N(C)CCN)c1. The lowest BCUT2D eigenvalue weighted by Crippen LogP contribution is -2.31. The Balaban J connectivity index is 2.83. The molecule has 0 spiro atoms. The summed E-state index contributed by atoms with van der Waals surface area (Å²) in [6.07, 6.45) is 0. The average molecular weight is 235 g/mol. The van der Waals surface area contributed by atoms with Crippen molar-refractivity contribution in [1.29, 1.82) is 0 Å². The van der Waals surface area contributed by atoms with E-state index < -0.39 is 0 Å². The monoisotopic (exact) mass is 235 g/mol. The number of nitrogens with two attached hydrogens (primary N) is 1. The van der Waals surface area contributed by atoms with Crippen LogP contribution in [0.3, 0.4) is 0 Å². The van der Waals surface area contributed by atoms with Gasteiger partial charge >= 0.3 is 0 Å². The molecular formula is C12H17N3O2. The van der Waals surface area contributed by atoms with Crippen LogP contribution in [0.2, 0.25) is 0 Å². The molecule has 0 atom stereocenters. The topological polar surface area (TPSA) is 75.4 Å². The van der Waals surface area contributed by atoms with Gasteiger partial charge in [-0.3, -0.25) is 9.59 Å². The minimum absolute atomic E-state index is 0.109. The predicted octanol–water partition coefficient (Wildman–Crippen LogP) is 0.676. The summed E-state index contributed by atoms with van der Waals surface area (Å²) in [5.41, 5.74) is 6.54. The first-order valence-electron chi connectivity index (χ1n) is 5.37. The fraction of sp³-hybridized carbons (Fsp3) is 0.333. The molecule has 0 aliphatic carbocycles. The maximum absolute atomic E-state index is 11.9. The summed E-state index contributed by atoms with van der Waals surface area (Å²) < 4.78 is 0. The molecule has 0 aliphatic rings. The molecule has 0 radical (unpaired) electrons. The van der Waals surface area contributed by atoms with Gasteiger partial charge in [-0.2, -0.15) is 0 Å². The summed E-state index contributed by atoms with van der Waals surface area (Å²) in [6.45, 7) is 2.35. The molecule has 0 fully saturated rings. The zero-order valence-electron chi connectivity index (χ0n) is 10.1. The Hall–Kier alpha value is -1.88. The number of nitrogens with one attached hydrogen (secondary N) is 1. The van der Waals surface area contributed by atoms with Crippen LogP contribution in [0.5, 0.6) is 0 Å². The van der Waals surface area contributed by atoms with Gasteiger partial charge in [0.2, 0.25) is 5.91 Å². The van der Waals surface area contributed by atoms with Gasteiger partial charge in [-0.05, 0) is 18.2 Å². The highest BCUT2D eigenvalue weighted by atomic mass is 16.2. The highest BCUT2D eigenvalue weighted by Gasteiger charge is 2.11. The summed E-state index contributed by atoms with van der Waals surface area (Å²) in [5, 5.41) is 2.64. The quantitative estimate of drug-likeness (QED) is 0.805. The number of rotatable bonds is 4. The highest BCUT2D eigenvalue weighted by Crippen LogP contribution is 2.12. The largest absolute Gasteiger partial charge is 0.340 e. The van der Waals surface area contributed by atoms with Gasteiger partial charge in [-0.1, -0.05) is 6.07 Å². The molecule has 2 amide bonds. The van der Waals surface area contributed by atoms with Crippen LogP contribution in [-0.4, -0.2) is 36.9 Å². The van der Waals surface area contributed by atoms with Gasteiger partial charge in [0.05, 0.1) is 0 Å². The fourth-order valence-electron chi connectivity index (χ4n) is 1.45. The van der Waals surface area contributed by atoms with Crippen molar-refractivity contribution in [2.24, 2.45) is 5.73 Å². The lowest BCUT2D eigenvalue weighted by molar-refractivity contribution is -0.114. The molecule has 92 valence electrons. The standard InChI is InChI=1S/C12H17N3O2/c1-9(16)14-11-5-3-4-10(8-11)12(17)15(2)7-6-13/h3-5,8H,6-7,13H2,1-2H3,(H,14,16). The van der Waals surface area contributed by atoms with Gasteiger partial charge in [-0.25, -0.2) is 0 Å². The molecule has 17 heavy (non-hydrogen) atoms. The second-order valence-corrected chi connectivity index (χ2v) is 3.78. The van der Waals surface area contributed by atoms with Crippen LogP contribution in [0.4, 0.5) is 5.69 Å². The van der Waals surface area contributed by atoms with Crippen molar-refractivity contribution in [3.63, 3.8) is 0 Å². The highest BCUT2D eigenvalue weighted by molar-refractivity contribution is 5.96. The maximum atomic E-state index is 11.9. The minimum atomic E-state index is -0.162. The molecule has 1 aromatic carbocycles. The molecule has 3 N–H and O–H groups in total. The third-order valence-electron chi connectivity index (χ3n) is 2.24. The van der Waals surface area contributed by atoms with Gasteiger partial charge in [-0.15, -0.1) is 0 Å². The van der Waals surface area contributed by atoms with Crippen molar-refractivity contribution in [2.75, 3.05) is 25.5 Å². The molecular weight excluding hydrogens is 218 g/mol. The minimum Gasteiger partial charge on any atom is -0.340 e. The second-order valence-electron chi connectivity index (χ2n) is 3.78. The Kier molecular flexibility index (Phi) is 4.66. The molecule has 5 heteroatoms. The van der Waals surface area contributed by atoms with Crippen molar-refractivity contribution in [1.82, 2.24) is 4.90 Å². The number of carbonyl (C=O) groups excluding carboxylic acids is 2. The molecule has 0 unspecified atom stereocenters. The normalized spacial score (nSPS) is 9.82. The zero-order valence-corrected chi connectivity index (χ0v) is 10.1. The Labute approximate surface area is 101 Å². The van der Waals surface area contributed by atoms with Gasteiger partial charge in [0.1, 0.15) is 0 Å². The summed E-state index contributed by atoms with van der Waals surface area (Å²) in [7, 11) is 1.69. The van der Waals surface area contributed by atoms with E-state index in [4.69, 9.17) is 5.73 Å². The van der Waals surface area contributed by atoms with Crippen molar-refractivity contribution >= 4 is 17.5 Å². The van der Waals surface area contributed by atoms with Crippen LogP contribution in [0.15, 0.2) is 24.3 Å². The Bertz CT molecular complexity index is 418. The number of anilines is 1. The Morgan fingerprint density at radius 2 is 2.12 bits per heavy atom. The summed E-state index contributed by atoms with van der Waals surface area (Å²) >= 11 is 0. The van der Waals surface area contributed by atoms with Crippen molar-refractivity contribution in [2.45, 2.75) is 6.92 Å².